The van der Waals surface area contributed by atoms with E-state index in [-0.39, 0.29) is 21.7 Å². The molecular formula is C18H14Ti+2. The average molecular weight is 278 g/mol. The summed E-state index contributed by atoms with van der Waals surface area (Å²) in [4.78, 5) is 0. The zero-order valence-corrected chi connectivity index (χ0v) is 12.1. The van der Waals surface area contributed by atoms with E-state index in [9.17, 15) is 0 Å². The summed E-state index contributed by atoms with van der Waals surface area (Å²) in [5.41, 5.74) is 0. The summed E-state index contributed by atoms with van der Waals surface area (Å²) in [6, 6.07) is 29.3. The molecule has 0 amide bonds. The quantitative estimate of drug-likeness (QED) is 0.309. The second-order valence-electron chi connectivity index (χ2n) is 4.31. The molecule has 0 unspecified atom stereocenters. The summed E-state index contributed by atoms with van der Waals surface area (Å²) in [5, 5.41) is 5.32. The van der Waals surface area contributed by atoms with E-state index in [1.807, 2.05) is 0 Å². The van der Waals surface area contributed by atoms with Crippen molar-refractivity contribution < 1.29 is 21.7 Å². The first-order valence-electron chi connectivity index (χ1n) is 6.14. The van der Waals surface area contributed by atoms with E-state index in [0.29, 0.717) is 0 Å². The van der Waals surface area contributed by atoms with Crippen molar-refractivity contribution in [1.82, 2.24) is 0 Å². The van der Waals surface area contributed by atoms with Gasteiger partial charge in [0.15, 0.2) is 0 Å². The van der Waals surface area contributed by atoms with Gasteiger partial charge in [-0.1, -0.05) is 12.1 Å². The van der Waals surface area contributed by atoms with Crippen LogP contribution in [0.15, 0.2) is 84.9 Å². The predicted molar refractivity (Wildman–Crippen MR) is 79.1 cm³/mol. The molecule has 19 heavy (non-hydrogen) atoms. The Labute approximate surface area is 128 Å². The maximum absolute atomic E-state index is 2.12. The molecule has 0 fully saturated rings. The Morgan fingerprint density at radius 2 is 0.947 bits per heavy atom. The molecule has 0 heterocycles. The van der Waals surface area contributed by atoms with E-state index in [0.717, 1.165) is 0 Å². The Kier molecular flexibility index (Phi) is 4.73. The van der Waals surface area contributed by atoms with Gasteiger partial charge in [-0.05, 0) is 0 Å². The van der Waals surface area contributed by atoms with Gasteiger partial charge < -0.3 is 0 Å². The molecule has 1 heteroatoms. The smallest absolute Gasteiger partial charge is 0.168 e. The minimum Gasteiger partial charge on any atom is -0.168 e. The SMILES string of the molecule is [Ti+4].c1ccc2[cH-]ccc2c1.c1ccc2[cH-]ccc2c1. The fourth-order valence-corrected chi connectivity index (χ4v) is 2.14. The van der Waals surface area contributed by atoms with Crippen molar-refractivity contribution in [2.75, 3.05) is 0 Å². The van der Waals surface area contributed by atoms with Crippen LogP contribution in [0.2, 0.25) is 0 Å². The molecule has 0 bridgehead atoms. The molecule has 0 aliphatic rings. The molecule has 0 nitrogen and oxygen atoms in total. The average Bonchev–Trinajstić information content (AvgIpc) is 3.08. The van der Waals surface area contributed by atoms with Crippen LogP contribution < -0.4 is 0 Å². The van der Waals surface area contributed by atoms with Gasteiger partial charge in [0.05, 0.1) is 0 Å². The van der Waals surface area contributed by atoms with Crippen molar-refractivity contribution in [2.45, 2.75) is 0 Å². The van der Waals surface area contributed by atoms with E-state index in [2.05, 4.69) is 84.9 Å². The van der Waals surface area contributed by atoms with E-state index < -0.39 is 0 Å². The second kappa shape index (κ2) is 6.51. The third-order valence-corrected chi connectivity index (χ3v) is 3.10. The van der Waals surface area contributed by atoms with Gasteiger partial charge >= 0.3 is 21.7 Å². The van der Waals surface area contributed by atoms with Gasteiger partial charge in [0.1, 0.15) is 0 Å². The monoisotopic (exact) mass is 278 g/mol. The van der Waals surface area contributed by atoms with E-state index in [1.54, 1.807) is 0 Å². The summed E-state index contributed by atoms with van der Waals surface area (Å²) in [5.74, 6) is 0. The van der Waals surface area contributed by atoms with Crippen LogP contribution in [-0.4, -0.2) is 0 Å². The molecule has 0 saturated carbocycles. The number of hydrogen-bond acceptors (Lipinski definition) is 0. The van der Waals surface area contributed by atoms with E-state index in [1.165, 1.54) is 21.5 Å². The number of hydrogen-bond donors (Lipinski definition) is 0. The number of fused-ring (bicyclic) bond motifs is 2. The first-order valence-corrected chi connectivity index (χ1v) is 6.14. The van der Waals surface area contributed by atoms with Crippen molar-refractivity contribution in [3.8, 4) is 0 Å². The molecule has 0 aliphatic heterocycles. The zero-order valence-electron chi connectivity index (χ0n) is 10.6. The van der Waals surface area contributed by atoms with Gasteiger partial charge in [-0.15, -0.1) is 59.3 Å². The van der Waals surface area contributed by atoms with Crippen LogP contribution in [0.25, 0.3) is 21.5 Å². The van der Waals surface area contributed by atoms with Gasteiger partial charge in [-0.3, -0.25) is 0 Å². The Hall–Kier alpha value is -1.63. The minimum atomic E-state index is 0. The maximum atomic E-state index is 2.12. The fourth-order valence-electron chi connectivity index (χ4n) is 2.14. The molecule has 0 aliphatic carbocycles. The van der Waals surface area contributed by atoms with E-state index in [4.69, 9.17) is 0 Å². The number of benzene rings is 2. The van der Waals surface area contributed by atoms with Crippen LogP contribution in [-0.2, 0) is 21.7 Å². The van der Waals surface area contributed by atoms with Crippen molar-refractivity contribution in [2.24, 2.45) is 0 Å². The summed E-state index contributed by atoms with van der Waals surface area (Å²) in [6.45, 7) is 0. The normalized spacial score (nSPS) is 9.68. The molecule has 0 spiro atoms. The molecule has 4 aromatic carbocycles. The van der Waals surface area contributed by atoms with Gasteiger partial charge in [0.25, 0.3) is 0 Å². The summed E-state index contributed by atoms with van der Waals surface area (Å²) < 4.78 is 0. The van der Waals surface area contributed by atoms with E-state index >= 15 is 0 Å². The summed E-state index contributed by atoms with van der Waals surface area (Å²) in [6.07, 6.45) is 0. The third kappa shape index (κ3) is 3.23. The predicted octanol–water partition coefficient (Wildman–Crippen LogP) is 5.11. The second-order valence-corrected chi connectivity index (χ2v) is 4.31. The molecule has 0 aromatic heterocycles. The third-order valence-electron chi connectivity index (χ3n) is 3.10. The summed E-state index contributed by atoms with van der Waals surface area (Å²) >= 11 is 0. The standard InChI is InChI=1S/2C9H7.Ti/c2*1-2-5-9-7-3-6-8(9)4-1;/h2*1-7H;/q2*-1;+4. The molecule has 88 valence electrons. The molecule has 0 radical (unpaired) electrons. The number of rotatable bonds is 0. The molecule has 4 aromatic rings. The van der Waals surface area contributed by atoms with Crippen LogP contribution in [0, 0.1) is 0 Å². The van der Waals surface area contributed by atoms with Gasteiger partial charge in [0.2, 0.25) is 0 Å². The molecule has 0 N–H and O–H groups in total. The van der Waals surface area contributed by atoms with Crippen LogP contribution in [0.1, 0.15) is 0 Å². The summed E-state index contributed by atoms with van der Waals surface area (Å²) in [7, 11) is 0. The fraction of sp³-hybridized carbons (Fsp3) is 0. The van der Waals surface area contributed by atoms with Crippen molar-refractivity contribution >= 4 is 21.5 Å². The van der Waals surface area contributed by atoms with Crippen LogP contribution in [0.4, 0.5) is 0 Å². The Morgan fingerprint density at radius 1 is 0.526 bits per heavy atom. The maximum Gasteiger partial charge on any atom is 4.00 e. The zero-order chi connectivity index (χ0) is 12.2. The first kappa shape index (κ1) is 13.8. The molecular weight excluding hydrogens is 264 g/mol. The molecule has 0 atom stereocenters. The Bertz CT molecular complexity index is 620. The van der Waals surface area contributed by atoms with Crippen LogP contribution in [0.5, 0.6) is 0 Å². The van der Waals surface area contributed by atoms with Crippen molar-refractivity contribution in [1.29, 1.82) is 0 Å². The van der Waals surface area contributed by atoms with Crippen LogP contribution >= 0.6 is 0 Å². The largest absolute Gasteiger partial charge is 4.00 e. The van der Waals surface area contributed by atoms with Gasteiger partial charge in [-0.2, -0.15) is 35.0 Å². The van der Waals surface area contributed by atoms with Gasteiger partial charge in [0, 0.05) is 0 Å². The van der Waals surface area contributed by atoms with Crippen LogP contribution in [0.3, 0.4) is 0 Å². The minimum absolute atomic E-state index is 0. The topological polar surface area (TPSA) is 0 Å². The molecule has 0 saturated heterocycles. The van der Waals surface area contributed by atoms with Crippen molar-refractivity contribution in [3.63, 3.8) is 0 Å². The van der Waals surface area contributed by atoms with Crippen molar-refractivity contribution in [3.05, 3.63) is 84.9 Å². The Morgan fingerprint density at radius 3 is 1.37 bits per heavy atom. The first-order chi connectivity index (χ1) is 8.93. The van der Waals surface area contributed by atoms with Gasteiger partial charge in [-0.25, -0.2) is 0 Å². The Balaban J connectivity index is 0.000000133. The molecule has 4 rings (SSSR count).